The molecule has 0 aliphatic carbocycles. The fourth-order valence-corrected chi connectivity index (χ4v) is 3.70. The summed E-state index contributed by atoms with van der Waals surface area (Å²) in [5.74, 6) is 0.859. The van der Waals surface area contributed by atoms with Gasteiger partial charge in [0.1, 0.15) is 12.4 Å². The van der Waals surface area contributed by atoms with E-state index in [-0.39, 0.29) is 11.8 Å². The molecule has 1 aromatic carbocycles. The number of benzene rings is 1. The summed E-state index contributed by atoms with van der Waals surface area (Å²) < 4.78 is 2.00. The molecule has 6 nitrogen and oxygen atoms in total. The number of fused-ring (bicyclic) bond motifs is 1. The van der Waals surface area contributed by atoms with Crippen LogP contribution in [0.15, 0.2) is 36.4 Å². The first-order valence-corrected chi connectivity index (χ1v) is 9.74. The number of carbonyl (C=O) groups excluding carboxylic acids is 2. The van der Waals surface area contributed by atoms with Crippen LogP contribution in [-0.2, 0) is 22.6 Å². The van der Waals surface area contributed by atoms with Crippen molar-refractivity contribution in [2.75, 3.05) is 13.1 Å². The van der Waals surface area contributed by atoms with Crippen molar-refractivity contribution in [3.8, 4) is 0 Å². The van der Waals surface area contributed by atoms with E-state index in [9.17, 15) is 9.59 Å². The molecule has 2 aromatic rings. The van der Waals surface area contributed by atoms with Gasteiger partial charge in [-0.05, 0) is 51.3 Å². The van der Waals surface area contributed by atoms with E-state index < -0.39 is 0 Å². The Balaban J connectivity index is 1.77. The molecule has 0 spiro atoms. The third-order valence-corrected chi connectivity index (χ3v) is 5.12. The largest absolute Gasteiger partial charge is 0.352 e. The molecule has 0 radical (unpaired) electrons. The lowest BCUT2D eigenvalue weighted by Gasteiger charge is -2.33. The van der Waals surface area contributed by atoms with Gasteiger partial charge < -0.3 is 14.8 Å². The second kappa shape index (κ2) is 8.84. The Morgan fingerprint density at radius 1 is 1.30 bits per heavy atom. The van der Waals surface area contributed by atoms with Crippen molar-refractivity contribution < 1.29 is 9.59 Å². The number of allylic oxidation sites excluding steroid dienone is 1. The second-order valence-electron chi connectivity index (χ2n) is 7.08. The van der Waals surface area contributed by atoms with Gasteiger partial charge in [-0.2, -0.15) is 0 Å². The number of likely N-dealkylation sites (tertiary alicyclic amines) is 1. The van der Waals surface area contributed by atoms with Gasteiger partial charge in [-0.1, -0.05) is 18.2 Å². The minimum absolute atomic E-state index is 0.113. The van der Waals surface area contributed by atoms with E-state index in [1.807, 2.05) is 40.7 Å². The molecule has 1 atom stereocenters. The molecule has 1 aromatic heterocycles. The first kappa shape index (κ1) is 19.1. The van der Waals surface area contributed by atoms with Crippen molar-refractivity contribution in [2.24, 2.45) is 0 Å². The van der Waals surface area contributed by atoms with Crippen molar-refractivity contribution in [3.05, 3.63) is 42.2 Å². The van der Waals surface area contributed by atoms with Crippen LogP contribution < -0.4 is 5.32 Å². The second-order valence-corrected chi connectivity index (χ2v) is 7.08. The van der Waals surface area contributed by atoms with E-state index in [2.05, 4.69) is 12.2 Å². The van der Waals surface area contributed by atoms with E-state index in [0.29, 0.717) is 25.6 Å². The zero-order valence-electron chi connectivity index (χ0n) is 16.1. The smallest absolute Gasteiger partial charge is 0.243 e. The maximum atomic E-state index is 12.9. The first-order valence-electron chi connectivity index (χ1n) is 9.74. The third-order valence-electron chi connectivity index (χ3n) is 5.12. The fourth-order valence-electron chi connectivity index (χ4n) is 3.70. The first-order chi connectivity index (χ1) is 13.1. The SMILES string of the molecule is C/C=C/C(=O)NCCc1nc2ccccc2n1CC(=O)N1CCCCC1C. The number of nitrogens with zero attached hydrogens (tertiary/aromatic N) is 3. The molecule has 2 heterocycles. The lowest BCUT2D eigenvalue weighted by Crippen LogP contribution is -2.43. The Morgan fingerprint density at radius 3 is 2.89 bits per heavy atom. The average molecular weight is 368 g/mol. The van der Waals surface area contributed by atoms with Gasteiger partial charge in [0.2, 0.25) is 11.8 Å². The molecule has 2 amide bonds. The van der Waals surface area contributed by atoms with Crippen molar-refractivity contribution >= 4 is 22.8 Å². The summed E-state index contributed by atoms with van der Waals surface area (Å²) in [4.78, 5) is 31.3. The van der Waals surface area contributed by atoms with Gasteiger partial charge in [-0.3, -0.25) is 9.59 Å². The molecule has 3 rings (SSSR count). The molecule has 6 heteroatoms. The molecule has 1 aliphatic heterocycles. The fraction of sp³-hybridized carbons (Fsp3) is 0.476. The summed E-state index contributed by atoms with van der Waals surface area (Å²) in [6.45, 7) is 5.55. The average Bonchev–Trinajstić information content (AvgIpc) is 3.00. The molecule has 27 heavy (non-hydrogen) atoms. The van der Waals surface area contributed by atoms with Crippen molar-refractivity contribution in [2.45, 2.75) is 52.1 Å². The van der Waals surface area contributed by atoms with Crippen LogP contribution in [-0.4, -0.2) is 45.4 Å². The molecule has 0 bridgehead atoms. The maximum absolute atomic E-state index is 12.9. The highest BCUT2D eigenvalue weighted by Crippen LogP contribution is 2.20. The molecule has 1 saturated heterocycles. The lowest BCUT2D eigenvalue weighted by atomic mass is 10.0. The van der Waals surface area contributed by atoms with Crippen molar-refractivity contribution in [3.63, 3.8) is 0 Å². The molecule has 144 valence electrons. The number of hydrogen-bond acceptors (Lipinski definition) is 3. The number of hydrogen-bond donors (Lipinski definition) is 1. The van der Waals surface area contributed by atoms with E-state index >= 15 is 0 Å². The summed E-state index contributed by atoms with van der Waals surface area (Å²) >= 11 is 0. The highest BCUT2D eigenvalue weighted by molar-refractivity contribution is 5.87. The molecule has 1 N–H and O–H groups in total. The number of rotatable bonds is 6. The Kier molecular flexibility index (Phi) is 6.27. The Hall–Kier alpha value is -2.63. The molecule has 0 saturated carbocycles. The van der Waals surface area contributed by atoms with Gasteiger partial charge in [-0.15, -0.1) is 0 Å². The number of para-hydroxylation sites is 2. The van der Waals surface area contributed by atoms with Crippen LogP contribution in [0.2, 0.25) is 0 Å². The molecular weight excluding hydrogens is 340 g/mol. The summed E-state index contributed by atoms with van der Waals surface area (Å²) in [6, 6.07) is 8.17. The highest BCUT2D eigenvalue weighted by Gasteiger charge is 2.24. The van der Waals surface area contributed by atoms with E-state index in [0.717, 1.165) is 36.2 Å². The third kappa shape index (κ3) is 4.56. The summed E-state index contributed by atoms with van der Waals surface area (Å²) in [7, 11) is 0. The number of amides is 2. The van der Waals surface area contributed by atoms with Crippen LogP contribution in [0.1, 0.15) is 38.9 Å². The van der Waals surface area contributed by atoms with Gasteiger partial charge in [0.25, 0.3) is 0 Å². The standard InChI is InChI=1S/C21H28N4O2/c1-3-8-20(26)22-13-12-19-23-17-10-4-5-11-18(17)25(19)15-21(27)24-14-7-6-9-16(24)2/h3-5,8,10-11,16H,6-7,9,12-15H2,1-2H3,(H,22,26)/b8-3+. The number of aromatic nitrogens is 2. The van der Waals surface area contributed by atoms with Crippen molar-refractivity contribution in [1.29, 1.82) is 0 Å². The van der Waals surface area contributed by atoms with Gasteiger partial charge in [0, 0.05) is 25.6 Å². The van der Waals surface area contributed by atoms with E-state index in [1.165, 1.54) is 12.5 Å². The minimum Gasteiger partial charge on any atom is -0.352 e. The summed E-state index contributed by atoms with van der Waals surface area (Å²) in [6.07, 6.45) is 7.13. The van der Waals surface area contributed by atoms with Crippen LogP contribution in [0.5, 0.6) is 0 Å². The van der Waals surface area contributed by atoms with Crippen LogP contribution in [0.3, 0.4) is 0 Å². The predicted octanol–water partition coefficient (Wildman–Crippen LogP) is 2.67. The molecular formula is C21H28N4O2. The van der Waals surface area contributed by atoms with Gasteiger partial charge >= 0.3 is 0 Å². The minimum atomic E-state index is -0.113. The zero-order valence-corrected chi connectivity index (χ0v) is 16.1. The van der Waals surface area contributed by atoms with Crippen LogP contribution in [0, 0.1) is 0 Å². The molecule has 1 aliphatic rings. The van der Waals surface area contributed by atoms with Crippen LogP contribution in [0.25, 0.3) is 11.0 Å². The number of imidazole rings is 1. The van der Waals surface area contributed by atoms with Gasteiger partial charge in [0.15, 0.2) is 0 Å². The van der Waals surface area contributed by atoms with Crippen LogP contribution in [0.4, 0.5) is 0 Å². The normalized spacial score (nSPS) is 17.6. The monoisotopic (exact) mass is 368 g/mol. The topological polar surface area (TPSA) is 67.2 Å². The Bertz CT molecular complexity index is 840. The predicted molar refractivity (Wildman–Crippen MR) is 106 cm³/mol. The van der Waals surface area contributed by atoms with E-state index in [1.54, 1.807) is 6.08 Å². The quantitative estimate of drug-likeness (QED) is 0.797. The Morgan fingerprint density at radius 2 is 2.11 bits per heavy atom. The highest BCUT2D eigenvalue weighted by atomic mass is 16.2. The van der Waals surface area contributed by atoms with E-state index in [4.69, 9.17) is 4.98 Å². The number of piperidine rings is 1. The Labute approximate surface area is 160 Å². The van der Waals surface area contributed by atoms with Gasteiger partial charge in [-0.25, -0.2) is 4.98 Å². The summed E-state index contributed by atoms with van der Waals surface area (Å²) in [5.41, 5.74) is 1.84. The molecule has 1 unspecified atom stereocenters. The summed E-state index contributed by atoms with van der Waals surface area (Å²) in [5, 5.41) is 2.85. The van der Waals surface area contributed by atoms with Crippen LogP contribution >= 0.6 is 0 Å². The lowest BCUT2D eigenvalue weighted by molar-refractivity contribution is -0.135. The zero-order chi connectivity index (χ0) is 19.2. The van der Waals surface area contributed by atoms with Gasteiger partial charge in [0.05, 0.1) is 11.0 Å². The maximum Gasteiger partial charge on any atom is 0.243 e. The van der Waals surface area contributed by atoms with Crippen molar-refractivity contribution in [1.82, 2.24) is 19.8 Å². The number of carbonyl (C=O) groups is 2. The molecule has 1 fully saturated rings. The number of nitrogens with one attached hydrogen (secondary N) is 1.